The van der Waals surface area contributed by atoms with Crippen molar-refractivity contribution >= 4 is 40.8 Å². The van der Waals surface area contributed by atoms with Crippen molar-refractivity contribution in [3.8, 4) is 0 Å². The Labute approximate surface area is 160 Å². The van der Waals surface area contributed by atoms with Gasteiger partial charge in [0.1, 0.15) is 0 Å². The molecule has 0 amide bonds. The van der Waals surface area contributed by atoms with Crippen LogP contribution in [0.1, 0.15) is 33.6 Å². The maximum absolute atomic E-state index is 6.07. The van der Waals surface area contributed by atoms with Crippen LogP contribution in [0.25, 0.3) is 0 Å². The van der Waals surface area contributed by atoms with Crippen LogP contribution in [0.3, 0.4) is 0 Å². The molecule has 23 heavy (non-hydrogen) atoms. The van der Waals surface area contributed by atoms with E-state index in [4.69, 9.17) is 4.43 Å². The van der Waals surface area contributed by atoms with Crippen molar-refractivity contribution < 1.29 is 18.7 Å². The Hall–Kier alpha value is 1.13. The minimum atomic E-state index is -2.80. The first-order chi connectivity index (χ1) is 9.31. The number of nitrogens with one attached hydrogen (secondary N) is 1. The number of allylic oxidation sites excluding steroid dienone is 4. The normalized spacial score (nSPS) is 15.7. The molecular weight excluding hydrogens is 397 g/mol. The predicted octanol–water partition coefficient (Wildman–Crippen LogP) is 4.92. The third-order valence-corrected chi connectivity index (χ3v) is 17.6. The molecule has 0 unspecified atom stereocenters. The summed E-state index contributed by atoms with van der Waals surface area (Å²) < 4.78 is 13.2. The minimum absolute atomic E-state index is 0. The SMILES string of the molecule is CC(C)(C)[NH][Ti]([CH3])(=[SiH2])([CH2]CCO[Si](C)(C)C)[C]1=CC=CC1.Cl.Cl. The van der Waals surface area contributed by atoms with E-state index < -0.39 is 22.6 Å². The van der Waals surface area contributed by atoms with Crippen molar-refractivity contribution in [2.75, 3.05) is 6.61 Å². The van der Waals surface area contributed by atoms with E-state index >= 15 is 0 Å². The Balaban J connectivity index is 0. The summed E-state index contributed by atoms with van der Waals surface area (Å²) in [5.74, 6) is 0. The Morgan fingerprint density at radius 1 is 1.26 bits per heavy atom. The number of halogens is 2. The van der Waals surface area contributed by atoms with Crippen LogP contribution < -0.4 is 3.80 Å². The molecule has 2 nitrogen and oxygen atoms in total. The molecule has 0 atom stereocenters. The summed E-state index contributed by atoms with van der Waals surface area (Å²) >= 11 is -2.80. The largest absolute Gasteiger partial charge is 0.147 e. The van der Waals surface area contributed by atoms with Gasteiger partial charge in [-0.1, -0.05) is 0 Å². The first-order valence-corrected chi connectivity index (χ1v) is 19.8. The average molecular weight is 434 g/mol. The van der Waals surface area contributed by atoms with Crippen molar-refractivity contribution in [1.82, 2.24) is 3.80 Å². The fourth-order valence-corrected chi connectivity index (χ4v) is 16.5. The molecule has 0 aliphatic heterocycles. The second-order valence-electron chi connectivity index (χ2n) is 9.05. The van der Waals surface area contributed by atoms with Crippen LogP contribution in [-0.2, 0) is 18.7 Å². The van der Waals surface area contributed by atoms with Gasteiger partial charge in [0.05, 0.1) is 0 Å². The van der Waals surface area contributed by atoms with Gasteiger partial charge in [0.2, 0.25) is 0 Å². The fourth-order valence-electron chi connectivity index (χ4n) is 3.31. The minimum Gasteiger partial charge on any atom is -0.147 e. The van der Waals surface area contributed by atoms with E-state index in [9.17, 15) is 0 Å². The molecule has 0 bridgehead atoms. The van der Waals surface area contributed by atoms with Crippen LogP contribution in [0.15, 0.2) is 22.1 Å². The summed E-state index contributed by atoms with van der Waals surface area (Å²) in [7, 11) is 0.918. The summed E-state index contributed by atoms with van der Waals surface area (Å²) in [6.45, 7) is 14.6. The van der Waals surface area contributed by atoms with Gasteiger partial charge in [-0.25, -0.2) is 0 Å². The van der Waals surface area contributed by atoms with Gasteiger partial charge < -0.3 is 0 Å². The average Bonchev–Trinajstić information content (AvgIpc) is 2.74. The first-order valence-electron chi connectivity index (χ1n) is 8.17. The van der Waals surface area contributed by atoms with E-state index in [1.54, 1.807) is 3.88 Å². The Morgan fingerprint density at radius 3 is 2.22 bits per heavy atom. The molecule has 0 aromatic carbocycles. The maximum Gasteiger partial charge on any atom is -0.147 e. The quantitative estimate of drug-likeness (QED) is 0.454. The van der Waals surface area contributed by atoms with Crippen molar-refractivity contribution in [3.05, 3.63) is 22.1 Å². The fraction of sp³-hybridized carbons (Fsp3) is 0.750. The zero-order chi connectivity index (χ0) is 16.4. The van der Waals surface area contributed by atoms with Crippen LogP contribution in [0.2, 0.25) is 29.6 Å². The molecule has 7 heteroatoms. The van der Waals surface area contributed by atoms with E-state index in [1.165, 1.54) is 11.1 Å². The van der Waals surface area contributed by atoms with E-state index in [1.807, 2.05) is 0 Å². The summed E-state index contributed by atoms with van der Waals surface area (Å²) in [6.07, 6.45) is 9.25. The summed E-state index contributed by atoms with van der Waals surface area (Å²) in [5, 5.41) is 2.56. The van der Waals surface area contributed by atoms with E-state index in [2.05, 4.69) is 75.3 Å². The Morgan fingerprint density at radius 2 is 1.83 bits per heavy atom. The zero-order valence-electron chi connectivity index (χ0n) is 16.0. The van der Waals surface area contributed by atoms with Gasteiger partial charge in [0.25, 0.3) is 0 Å². The number of hydrogen-bond donors (Lipinski definition) is 1. The third-order valence-electron chi connectivity index (χ3n) is 3.98. The monoisotopic (exact) mass is 433 g/mol. The Bertz CT molecular complexity index is 507. The topological polar surface area (TPSA) is 21.3 Å². The first kappa shape index (κ1) is 26.4. The molecule has 0 saturated heterocycles. The van der Waals surface area contributed by atoms with Crippen LogP contribution in [0.5, 0.6) is 0 Å². The van der Waals surface area contributed by atoms with E-state index in [0.29, 0.717) is 0 Å². The molecule has 0 saturated carbocycles. The van der Waals surface area contributed by atoms with Gasteiger partial charge in [-0.3, -0.25) is 0 Å². The van der Waals surface area contributed by atoms with Gasteiger partial charge in [0, 0.05) is 0 Å². The van der Waals surface area contributed by atoms with Gasteiger partial charge >= 0.3 is 136 Å². The number of hydrogen-bond acceptors (Lipinski definition) is 2. The Kier molecular flexibility index (Phi) is 10.5. The summed E-state index contributed by atoms with van der Waals surface area (Å²) in [4.78, 5) is 0. The van der Waals surface area contributed by atoms with Gasteiger partial charge in [-0.15, -0.1) is 24.8 Å². The van der Waals surface area contributed by atoms with E-state index in [-0.39, 0.29) is 30.4 Å². The van der Waals surface area contributed by atoms with Crippen LogP contribution >= 0.6 is 24.8 Å². The van der Waals surface area contributed by atoms with Gasteiger partial charge in [-0.2, -0.15) is 0 Å². The number of rotatable bonds is 7. The molecule has 0 aromatic rings. The third kappa shape index (κ3) is 9.41. The summed E-state index contributed by atoms with van der Waals surface area (Å²) in [5.41, 5.74) is 0.177. The maximum atomic E-state index is 6.07. The molecule has 1 N–H and O–H groups in total. The molecule has 1 aliphatic carbocycles. The van der Waals surface area contributed by atoms with Crippen molar-refractivity contribution in [2.24, 2.45) is 0 Å². The van der Waals surface area contributed by atoms with Crippen molar-refractivity contribution in [1.29, 1.82) is 0 Å². The van der Waals surface area contributed by atoms with Crippen LogP contribution in [0, 0.1) is 0 Å². The van der Waals surface area contributed by atoms with Crippen molar-refractivity contribution in [3.63, 3.8) is 0 Å². The van der Waals surface area contributed by atoms with Gasteiger partial charge in [0.15, 0.2) is 0 Å². The second-order valence-corrected chi connectivity index (χ2v) is 30.8. The van der Waals surface area contributed by atoms with Gasteiger partial charge in [-0.05, 0) is 0 Å². The predicted molar refractivity (Wildman–Crippen MR) is 112 cm³/mol. The molecule has 1 aliphatic rings. The molecule has 0 aromatic heterocycles. The molecule has 0 spiro atoms. The molecule has 0 fully saturated rings. The van der Waals surface area contributed by atoms with Crippen LogP contribution in [0.4, 0.5) is 0 Å². The zero-order valence-corrected chi connectivity index (χ0v) is 21.6. The standard InChI is InChI=1S/C6H15OSi.C5H5.C4H10N.CH3.2ClH.H2Si.Ti/c1-5-6-7-8(2,3)4;1-2-4-5-3-1;1-4(2,3)5;;;;;/h1,5-6H2,2-4H3;1-3H,4H2;5H,1-3H3;1H3;2*1H;1H2;/q;;-1;;;;;+1. The molecule has 0 heterocycles. The van der Waals surface area contributed by atoms with Crippen LogP contribution in [-0.4, -0.2) is 28.1 Å². The van der Waals surface area contributed by atoms with Crippen molar-refractivity contribution in [2.45, 2.75) is 68.7 Å². The van der Waals surface area contributed by atoms with E-state index in [0.717, 1.165) is 13.0 Å². The smallest absolute Gasteiger partial charge is 0.147 e. The summed E-state index contributed by atoms with van der Waals surface area (Å²) in [6, 6.07) is 0. The molecule has 1 rings (SSSR count). The molecular formula is C16H37Cl2NOSi2Ti. The molecule has 0 radical (unpaired) electrons. The molecule has 138 valence electrons. The second kappa shape index (κ2) is 9.18.